The molecule has 0 aromatic heterocycles. The third-order valence-electron chi connectivity index (χ3n) is 3.64. The van der Waals surface area contributed by atoms with Gasteiger partial charge in [0, 0.05) is 24.9 Å². The molecule has 1 aromatic rings. The van der Waals surface area contributed by atoms with Gasteiger partial charge in [-0.25, -0.2) is 4.79 Å². The topological polar surface area (TPSA) is 78.4 Å². The standard InChI is InChI=1S/C15H20N2O3/c1-10(6-7-14(18)19)17-15(20)16-9-12-8-11-4-2-3-5-13(11)12/h2-5,10,12H,6-9H2,1H3,(H,18,19)(H2,16,17,20). The first-order valence-electron chi connectivity index (χ1n) is 6.90. The molecule has 2 unspecified atom stereocenters. The first kappa shape index (κ1) is 14.4. The van der Waals surface area contributed by atoms with Crippen LogP contribution in [0.1, 0.15) is 36.8 Å². The lowest BCUT2D eigenvalue weighted by molar-refractivity contribution is -0.137. The monoisotopic (exact) mass is 276 g/mol. The summed E-state index contributed by atoms with van der Waals surface area (Å²) in [6, 6.07) is 7.88. The first-order chi connectivity index (χ1) is 9.56. The van der Waals surface area contributed by atoms with Crippen LogP contribution in [0, 0.1) is 0 Å². The fourth-order valence-electron chi connectivity index (χ4n) is 2.45. The number of amides is 2. The van der Waals surface area contributed by atoms with Crippen LogP contribution in [-0.2, 0) is 11.2 Å². The van der Waals surface area contributed by atoms with Crippen molar-refractivity contribution in [2.75, 3.05) is 6.54 Å². The molecule has 3 N–H and O–H groups in total. The van der Waals surface area contributed by atoms with E-state index in [-0.39, 0.29) is 18.5 Å². The van der Waals surface area contributed by atoms with E-state index in [9.17, 15) is 9.59 Å². The Hall–Kier alpha value is -2.04. The van der Waals surface area contributed by atoms with Gasteiger partial charge < -0.3 is 15.7 Å². The summed E-state index contributed by atoms with van der Waals surface area (Å²) in [5.74, 6) is -0.448. The molecule has 0 bridgehead atoms. The molecule has 108 valence electrons. The highest BCUT2D eigenvalue weighted by molar-refractivity contribution is 5.74. The van der Waals surface area contributed by atoms with Gasteiger partial charge in [0.25, 0.3) is 0 Å². The van der Waals surface area contributed by atoms with E-state index in [1.807, 2.05) is 12.1 Å². The molecule has 0 radical (unpaired) electrons. The largest absolute Gasteiger partial charge is 0.481 e. The van der Waals surface area contributed by atoms with Crippen molar-refractivity contribution < 1.29 is 14.7 Å². The lowest BCUT2D eigenvalue weighted by Gasteiger charge is -2.30. The van der Waals surface area contributed by atoms with Crippen molar-refractivity contribution in [3.63, 3.8) is 0 Å². The van der Waals surface area contributed by atoms with Crippen LogP contribution >= 0.6 is 0 Å². The third kappa shape index (κ3) is 3.73. The molecule has 0 heterocycles. The Morgan fingerprint density at radius 2 is 2.15 bits per heavy atom. The molecule has 2 amide bonds. The molecule has 1 aliphatic carbocycles. The van der Waals surface area contributed by atoms with Crippen molar-refractivity contribution in [2.24, 2.45) is 0 Å². The maximum Gasteiger partial charge on any atom is 0.315 e. The van der Waals surface area contributed by atoms with E-state index in [1.165, 1.54) is 11.1 Å². The van der Waals surface area contributed by atoms with Crippen LogP contribution in [0.25, 0.3) is 0 Å². The van der Waals surface area contributed by atoms with Gasteiger partial charge in [0.1, 0.15) is 0 Å². The second-order valence-electron chi connectivity index (χ2n) is 5.29. The van der Waals surface area contributed by atoms with Crippen molar-refractivity contribution in [3.05, 3.63) is 35.4 Å². The molecule has 0 fully saturated rings. The molecule has 20 heavy (non-hydrogen) atoms. The van der Waals surface area contributed by atoms with E-state index >= 15 is 0 Å². The number of carbonyl (C=O) groups excluding carboxylic acids is 1. The quantitative estimate of drug-likeness (QED) is 0.742. The third-order valence-corrected chi connectivity index (χ3v) is 3.64. The molecule has 5 nitrogen and oxygen atoms in total. The summed E-state index contributed by atoms with van der Waals surface area (Å²) < 4.78 is 0. The van der Waals surface area contributed by atoms with Crippen molar-refractivity contribution in [3.8, 4) is 0 Å². The lowest BCUT2D eigenvalue weighted by atomic mass is 9.78. The summed E-state index contributed by atoms with van der Waals surface area (Å²) in [5.41, 5.74) is 2.67. The summed E-state index contributed by atoms with van der Waals surface area (Å²) in [5, 5.41) is 14.2. The minimum atomic E-state index is -0.842. The number of hydrogen-bond donors (Lipinski definition) is 3. The fraction of sp³-hybridized carbons (Fsp3) is 0.467. The molecular weight excluding hydrogens is 256 g/mol. The second kappa shape index (κ2) is 6.41. The van der Waals surface area contributed by atoms with Crippen LogP contribution in [0.4, 0.5) is 4.79 Å². The smallest absolute Gasteiger partial charge is 0.315 e. The van der Waals surface area contributed by atoms with E-state index in [4.69, 9.17) is 5.11 Å². The van der Waals surface area contributed by atoms with E-state index in [0.717, 1.165) is 6.42 Å². The van der Waals surface area contributed by atoms with E-state index in [0.29, 0.717) is 18.9 Å². The Morgan fingerprint density at radius 3 is 2.85 bits per heavy atom. The first-order valence-corrected chi connectivity index (χ1v) is 6.90. The summed E-state index contributed by atoms with van der Waals surface area (Å²) in [6.07, 6.45) is 1.51. The van der Waals surface area contributed by atoms with Crippen molar-refractivity contribution in [2.45, 2.75) is 38.1 Å². The maximum atomic E-state index is 11.7. The van der Waals surface area contributed by atoms with E-state index in [2.05, 4.69) is 22.8 Å². The van der Waals surface area contributed by atoms with Gasteiger partial charge in [-0.3, -0.25) is 4.79 Å². The van der Waals surface area contributed by atoms with Crippen LogP contribution in [-0.4, -0.2) is 29.7 Å². The molecule has 1 aliphatic rings. The summed E-state index contributed by atoms with van der Waals surface area (Å²) in [7, 11) is 0. The molecule has 1 aromatic carbocycles. The summed E-state index contributed by atoms with van der Waals surface area (Å²) in [6.45, 7) is 2.43. The Labute approximate surface area is 118 Å². The molecule has 5 heteroatoms. The zero-order valence-corrected chi connectivity index (χ0v) is 11.6. The van der Waals surface area contributed by atoms with Gasteiger partial charge in [-0.15, -0.1) is 0 Å². The van der Waals surface area contributed by atoms with Crippen molar-refractivity contribution >= 4 is 12.0 Å². The predicted molar refractivity (Wildman–Crippen MR) is 75.8 cm³/mol. The van der Waals surface area contributed by atoms with Crippen LogP contribution in [0.2, 0.25) is 0 Å². The number of hydrogen-bond acceptors (Lipinski definition) is 2. The number of carboxylic acids is 1. The van der Waals surface area contributed by atoms with Crippen molar-refractivity contribution in [1.29, 1.82) is 0 Å². The molecule has 2 atom stereocenters. The zero-order chi connectivity index (χ0) is 14.5. The van der Waals surface area contributed by atoms with Gasteiger partial charge in [-0.1, -0.05) is 24.3 Å². The highest BCUT2D eigenvalue weighted by Crippen LogP contribution is 2.33. The van der Waals surface area contributed by atoms with Crippen LogP contribution in [0.15, 0.2) is 24.3 Å². The Bertz CT molecular complexity index is 502. The Morgan fingerprint density at radius 1 is 1.40 bits per heavy atom. The van der Waals surface area contributed by atoms with Gasteiger partial charge >= 0.3 is 12.0 Å². The number of nitrogens with one attached hydrogen (secondary N) is 2. The molecule has 0 saturated carbocycles. The van der Waals surface area contributed by atoms with Crippen LogP contribution in [0.5, 0.6) is 0 Å². The van der Waals surface area contributed by atoms with Gasteiger partial charge in [-0.2, -0.15) is 0 Å². The minimum Gasteiger partial charge on any atom is -0.481 e. The number of aliphatic carboxylic acids is 1. The highest BCUT2D eigenvalue weighted by Gasteiger charge is 2.25. The predicted octanol–water partition coefficient (Wildman–Crippen LogP) is 1.88. The number of carboxylic acid groups (broad SMARTS) is 1. The number of carbonyl (C=O) groups is 2. The SMILES string of the molecule is CC(CCC(=O)O)NC(=O)NCC1Cc2ccccc21. The molecule has 0 aliphatic heterocycles. The summed E-state index contributed by atoms with van der Waals surface area (Å²) >= 11 is 0. The summed E-state index contributed by atoms with van der Waals surface area (Å²) in [4.78, 5) is 22.1. The average molecular weight is 276 g/mol. The zero-order valence-electron chi connectivity index (χ0n) is 11.6. The fourth-order valence-corrected chi connectivity index (χ4v) is 2.45. The Balaban J connectivity index is 1.68. The van der Waals surface area contributed by atoms with E-state index in [1.54, 1.807) is 6.92 Å². The van der Waals surface area contributed by atoms with E-state index < -0.39 is 5.97 Å². The minimum absolute atomic E-state index is 0.0669. The van der Waals surface area contributed by atoms with Crippen molar-refractivity contribution in [1.82, 2.24) is 10.6 Å². The lowest BCUT2D eigenvalue weighted by Crippen LogP contribution is -2.43. The number of urea groups is 1. The van der Waals surface area contributed by atoms with Gasteiger partial charge in [0.2, 0.25) is 0 Å². The molecule has 2 rings (SSSR count). The van der Waals surface area contributed by atoms with Gasteiger partial charge in [-0.05, 0) is 30.9 Å². The normalized spacial score (nSPS) is 17.6. The van der Waals surface area contributed by atoms with Gasteiger partial charge in [0.05, 0.1) is 0 Å². The molecule has 0 spiro atoms. The number of fused-ring (bicyclic) bond motifs is 1. The van der Waals surface area contributed by atoms with Gasteiger partial charge in [0.15, 0.2) is 0 Å². The van der Waals surface area contributed by atoms with Crippen LogP contribution < -0.4 is 10.6 Å². The molecular formula is C15H20N2O3. The Kier molecular flexibility index (Phi) is 4.61. The van der Waals surface area contributed by atoms with Crippen LogP contribution in [0.3, 0.4) is 0 Å². The molecule has 0 saturated heterocycles. The highest BCUT2D eigenvalue weighted by atomic mass is 16.4. The number of rotatable bonds is 6. The second-order valence-corrected chi connectivity index (χ2v) is 5.29. The number of benzene rings is 1. The maximum absolute atomic E-state index is 11.7. The average Bonchev–Trinajstić information content (AvgIpc) is 2.37.